The second-order valence-electron chi connectivity index (χ2n) is 9.29. The predicted octanol–water partition coefficient (Wildman–Crippen LogP) is 2.76. The molecule has 0 aliphatic carbocycles. The van der Waals surface area contributed by atoms with Crippen LogP contribution >= 0.6 is 0 Å². The maximum Gasteiger partial charge on any atom is 0.500 e. The summed E-state index contributed by atoms with van der Waals surface area (Å²) in [4.78, 5) is 20.1. The fourth-order valence-corrected chi connectivity index (χ4v) is 6.72. The van der Waals surface area contributed by atoms with Crippen molar-refractivity contribution in [3.8, 4) is 0 Å². The van der Waals surface area contributed by atoms with E-state index >= 15 is 0 Å². The van der Waals surface area contributed by atoms with Gasteiger partial charge in [-0.3, -0.25) is 15.0 Å². The van der Waals surface area contributed by atoms with E-state index in [1.165, 1.54) is 82.8 Å². The molecule has 0 saturated carbocycles. The molecule has 34 heavy (non-hydrogen) atoms. The second-order valence-corrected chi connectivity index (χ2v) is 12.4. The molecule has 0 radical (unpaired) electrons. The molecule has 0 N–H and O–H groups in total. The molecule has 0 bridgehead atoms. The van der Waals surface area contributed by atoms with Crippen molar-refractivity contribution in [3.63, 3.8) is 0 Å². The lowest BCUT2D eigenvalue weighted by Crippen LogP contribution is -2.43. The van der Waals surface area contributed by atoms with Gasteiger partial charge in [0.15, 0.2) is 0 Å². The number of hydrogen-bond donors (Lipinski definition) is 0. The minimum Gasteiger partial charge on any atom is -0.377 e. The van der Waals surface area contributed by atoms with Crippen molar-refractivity contribution in [1.82, 2.24) is 14.7 Å². The third-order valence-electron chi connectivity index (χ3n) is 7.05. The third-order valence-corrected chi connectivity index (χ3v) is 9.89. The zero-order valence-electron chi connectivity index (χ0n) is 21.7. The Bertz CT molecular complexity index is 677. The van der Waals surface area contributed by atoms with Gasteiger partial charge in [0.05, 0.1) is 31.1 Å². The van der Waals surface area contributed by atoms with Gasteiger partial charge in [0.1, 0.15) is 0 Å². The number of hydrogen-bond acceptors (Lipinski definition) is 9. The lowest BCUT2D eigenvalue weighted by Gasteiger charge is -2.25. The van der Waals surface area contributed by atoms with Crippen LogP contribution in [0.4, 0.5) is 0 Å². The first-order chi connectivity index (χ1) is 16.7. The minimum absolute atomic E-state index is 0.848. The smallest absolute Gasteiger partial charge is 0.377 e. The zero-order valence-corrected chi connectivity index (χ0v) is 22.7. The minimum atomic E-state index is -2.36. The Hall–Kier alpha value is -1.49. The highest BCUT2D eigenvalue weighted by molar-refractivity contribution is 6.60. The van der Waals surface area contributed by atoms with Crippen LogP contribution in [0.1, 0.15) is 51.4 Å². The average molecular weight is 495 g/mol. The van der Waals surface area contributed by atoms with Crippen molar-refractivity contribution in [2.45, 2.75) is 57.4 Å². The lowest BCUT2D eigenvalue weighted by molar-refractivity contribution is 0.122. The number of fused-ring (bicyclic) bond motifs is 2. The molecule has 0 aromatic carbocycles. The Balaban J connectivity index is 0.000000148. The van der Waals surface area contributed by atoms with Crippen LogP contribution in [0.25, 0.3) is 0 Å². The number of rotatable bonds is 7. The standard InChI is InChI=1S/C9H20N2O3Si.C8H14N2.C7H12N2/c1-12-15(13-2,14-3)8-4-6-11-7-5-10-9-11;1-2-4-8-9-5-7-10(8)6-3-1;1-3-7-8-4-2-6-9(7)5-1/h9H,4-8H2,1-3H3;1-7H2;1-6H2. The van der Waals surface area contributed by atoms with Gasteiger partial charge in [0.2, 0.25) is 0 Å². The molecular formula is C24H46N6O3Si. The van der Waals surface area contributed by atoms with Crippen molar-refractivity contribution in [1.29, 1.82) is 0 Å². The summed E-state index contributed by atoms with van der Waals surface area (Å²) in [6.07, 6.45) is 12.1. The molecule has 0 spiro atoms. The Morgan fingerprint density at radius 2 is 1.41 bits per heavy atom. The molecule has 5 aliphatic rings. The highest BCUT2D eigenvalue weighted by atomic mass is 28.4. The zero-order chi connectivity index (χ0) is 24.1. The molecule has 0 aromatic heterocycles. The Morgan fingerprint density at radius 3 is 2.12 bits per heavy atom. The summed E-state index contributed by atoms with van der Waals surface area (Å²) in [7, 11) is 2.59. The van der Waals surface area contributed by atoms with Crippen LogP contribution in [0, 0.1) is 0 Å². The monoisotopic (exact) mass is 494 g/mol. The van der Waals surface area contributed by atoms with Crippen LogP contribution in [-0.2, 0) is 13.3 Å². The van der Waals surface area contributed by atoms with Gasteiger partial charge >= 0.3 is 8.80 Å². The number of nitrogens with zero attached hydrogens (tertiary/aromatic N) is 6. The van der Waals surface area contributed by atoms with E-state index < -0.39 is 8.80 Å². The molecule has 194 valence electrons. The number of amidine groups is 2. The molecule has 9 nitrogen and oxygen atoms in total. The van der Waals surface area contributed by atoms with Crippen LogP contribution in [0.3, 0.4) is 0 Å². The normalized spacial score (nSPS) is 21.6. The number of aliphatic imine (C=N–C) groups is 3. The predicted molar refractivity (Wildman–Crippen MR) is 141 cm³/mol. The van der Waals surface area contributed by atoms with Crippen LogP contribution < -0.4 is 0 Å². The Kier molecular flexibility index (Phi) is 11.8. The van der Waals surface area contributed by atoms with Gasteiger partial charge < -0.3 is 28.0 Å². The summed E-state index contributed by atoms with van der Waals surface area (Å²) in [5.41, 5.74) is 0. The summed E-state index contributed by atoms with van der Waals surface area (Å²) >= 11 is 0. The van der Waals surface area contributed by atoms with Crippen molar-refractivity contribution in [2.24, 2.45) is 15.0 Å². The maximum absolute atomic E-state index is 5.34. The quantitative estimate of drug-likeness (QED) is 0.507. The van der Waals surface area contributed by atoms with Gasteiger partial charge in [-0.2, -0.15) is 0 Å². The first-order valence-corrected chi connectivity index (χ1v) is 15.1. The molecule has 10 heteroatoms. The molecule has 5 heterocycles. The molecule has 2 saturated heterocycles. The largest absolute Gasteiger partial charge is 0.500 e. The van der Waals surface area contributed by atoms with E-state index in [9.17, 15) is 0 Å². The van der Waals surface area contributed by atoms with Gasteiger partial charge in [-0.1, -0.05) is 6.42 Å². The SMILES string of the molecule is C1CCC2=NCCN2CC1.C1CN=C2CCCN2C1.CO[Si](CCCN1C=NCC1)(OC)OC. The van der Waals surface area contributed by atoms with Gasteiger partial charge in [-0.25, -0.2) is 0 Å². The van der Waals surface area contributed by atoms with Crippen molar-refractivity contribution in [3.05, 3.63) is 0 Å². The third kappa shape index (κ3) is 8.32. The average Bonchev–Trinajstić information content (AvgIpc) is 3.64. The molecule has 2 fully saturated rings. The fraction of sp³-hybridized carbons (Fsp3) is 0.875. The van der Waals surface area contributed by atoms with Gasteiger partial charge in [0.25, 0.3) is 0 Å². The molecule has 0 aromatic rings. The van der Waals surface area contributed by atoms with Crippen LogP contribution in [0.2, 0.25) is 6.04 Å². The lowest BCUT2D eigenvalue weighted by atomic mass is 10.2. The van der Waals surface area contributed by atoms with Crippen LogP contribution in [0.15, 0.2) is 15.0 Å². The molecule has 5 aliphatic heterocycles. The highest BCUT2D eigenvalue weighted by Gasteiger charge is 2.37. The first kappa shape index (κ1) is 27.1. The van der Waals surface area contributed by atoms with Crippen LogP contribution in [-0.4, -0.2) is 122 Å². The Labute approximate surface area is 207 Å². The second kappa shape index (κ2) is 14.8. The molecular weight excluding hydrogens is 448 g/mol. The van der Waals surface area contributed by atoms with E-state index in [0.29, 0.717) is 0 Å². The van der Waals surface area contributed by atoms with E-state index in [-0.39, 0.29) is 0 Å². The molecule has 0 unspecified atom stereocenters. The van der Waals surface area contributed by atoms with Gasteiger partial charge in [-0.05, 0) is 32.1 Å². The van der Waals surface area contributed by atoms with Crippen LogP contribution in [0.5, 0.6) is 0 Å². The Morgan fingerprint density at radius 1 is 0.735 bits per heavy atom. The summed E-state index contributed by atoms with van der Waals surface area (Å²) in [6.45, 7) is 10.0. The highest BCUT2D eigenvalue weighted by Crippen LogP contribution is 2.17. The summed E-state index contributed by atoms with van der Waals surface area (Å²) in [5, 5.41) is 0. The van der Waals surface area contributed by atoms with E-state index in [2.05, 4.69) is 29.7 Å². The van der Waals surface area contributed by atoms with Crippen molar-refractivity contribution in [2.75, 3.05) is 80.2 Å². The van der Waals surface area contributed by atoms with Crippen molar-refractivity contribution < 1.29 is 13.3 Å². The first-order valence-electron chi connectivity index (χ1n) is 13.2. The molecule has 0 atom stereocenters. The summed E-state index contributed by atoms with van der Waals surface area (Å²) in [5.74, 6) is 2.76. The maximum atomic E-state index is 5.34. The van der Waals surface area contributed by atoms with E-state index in [1.54, 1.807) is 21.3 Å². The van der Waals surface area contributed by atoms with E-state index in [1.807, 2.05) is 6.34 Å². The summed E-state index contributed by atoms with van der Waals surface area (Å²) in [6, 6.07) is 0.848. The van der Waals surface area contributed by atoms with Gasteiger partial charge in [-0.15, -0.1) is 0 Å². The molecule has 0 amide bonds. The van der Waals surface area contributed by atoms with Crippen molar-refractivity contribution >= 4 is 26.8 Å². The topological polar surface area (TPSA) is 74.5 Å². The fourth-order valence-electron chi connectivity index (χ4n) is 5.02. The molecule has 5 rings (SSSR count). The summed E-state index contributed by atoms with van der Waals surface area (Å²) < 4.78 is 16.0. The van der Waals surface area contributed by atoms with Gasteiger partial charge in [0, 0.05) is 86.0 Å². The van der Waals surface area contributed by atoms with E-state index in [0.717, 1.165) is 45.2 Å². The van der Waals surface area contributed by atoms with E-state index in [4.69, 9.17) is 13.3 Å².